The van der Waals surface area contributed by atoms with Crippen LogP contribution in [0.2, 0.25) is 0 Å². The van der Waals surface area contributed by atoms with Crippen molar-refractivity contribution in [2.45, 2.75) is 25.9 Å². The highest BCUT2D eigenvalue weighted by molar-refractivity contribution is 5.90. The Kier molecular flexibility index (Phi) is 4.92. The van der Waals surface area contributed by atoms with Gasteiger partial charge in [0.25, 0.3) is 0 Å². The van der Waals surface area contributed by atoms with E-state index in [0.717, 1.165) is 11.3 Å². The summed E-state index contributed by atoms with van der Waals surface area (Å²) in [5, 5.41) is 7.15. The van der Waals surface area contributed by atoms with Crippen LogP contribution in [0.1, 0.15) is 29.4 Å². The molecule has 138 valence electrons. The lowest BCUT2D eigenvalue weighted by atomic mass is 9.93. The third-order valence-corrected chi connectivity index (χ3v) is 4.95. The maximum atomic E-state index is 12.8. The number of amides is 2. The number of likely N-dealkylation sites (tertiary alicyclic amines) is 1. The highest BCUT2D eigenvalue weighted by Gasteiger charge is 2.43. The first kappa shape index (κ1) is 17.9. The molecule has 1 aliphatic rings. The fourth-order valence-corrected chi connectivity index (χ4v) is 3.31. The minimum Gasteiger partial charge on any atom is -0.481 e. The van der Waals surface area contributed by atoms with Crippen LogP contribution in [-0.2, 0) is 23.2 Å². The van der Waals surface area contributed by atoms with E-state index in [1.54, 1.807) is 36.0 Å². The average molecular weight is 357 g/mol. The van der Waals surface area contributed by atoms with Crippen molar-refractivity contribution >= 4 is 11.8 Å². The fourth-order valence-electron chi connectivity index (χ4n) is 3.31. The van der Waals surface area contributed by atoms with Gasteiger partial charge in [0.1, 0.15) is 0 Å². The van der Waals surface area contributed by atoms with Gasteiger partial charge in [-0.25, -0.2) is 4.98 Å². The van der Waals surface area contributed by atoms with Crippen LogP contribution in [0.4, 0.5) is 0 Å². The van der Waals surface area contributed by atoms with Gasteiger partial charge in [0.2, 0.25) is 17.7 Å². The zero-order valence-corrected chi connectivity index (χ0v) is 15.4. The van der Waals surface area contributed by atoms with Crippen molar-refractivity contribution in [1.82, 2.24) is 25.0 Å². The molecule has 0 radical (unpaired) electrons. The van der Waals surface area contributed by atoms with E-state index in [2.05, 4.69) is 15.4 Å². The van der Waals surface area contributed by atoms with E-state index in [0.29, 0.717) is 11.6 Å². The molecule has 2 atom stereocenters. The van der Waals surface area contributed by atoms with Crippen molar-refractivity contribution in [1.29, 1.82) is 0 Å². The van der Waals surface area contributed by atoms with Gasteiger partial charge in [0.05, 0.1) is 37.5 Å². The van der Waals surface area contributed by atoms with Gasteiger partial charge in [-0.1, -0.05) is 6.07 Å². The molecule has 1 fully saturated rings. The summed E-state index contributed by atoms with van der Waals surface area (Å²) in [6.07, 6.45) is 1.92. The summed E-state index contributed by atoms with van der Waals surface area (Å²) < 4.78 is 6.85. The van der Waals surface area contributed by atoms with Crippen molar-refractivity contribution in [2.75, 3.05) is 14.2 Å². The maximum absolute atomic E-state index is 12.8. The van der Waals surface area contributed by atoms with Crippen molar-refractivity contribution in [3.63, 3.8) is 0 Å². The zero-order chi connectivity index (χ0) is 18.8. The first-order valence-electron chi connectivity index (χ1n) is 8.44. The SMILES string of the molecule is COc1cccc(CNC(=O)[C@H]2CC(=O)N(C)[C@@H]2c2cnn(C)c2C)n1. The van der Waals surface area contributed by atoms with Crippen LogP contribution in [0.3, 0.4) is 0 Å². The number of aromatic nitrogens is 3. The van der Waals surface area contributed by atoms with Gasteiger partial charge in [0, 0.05) is 37.8 Å². The van der Waals surface area contributed by atoms with Crippen LogP contribution in [0, 0.1) is 12.8 Å². The van der Waals surface area contributed by atoms with Crippen LogP contribution < -0.4 is 10.1 Å². The smallest absolute Gasteiger partial charge is 0.226 e. The summed E-state index contributed by atoms with van der Waals surface area (Å²) in [5.41, 5.74) is 2.55. The molecule has 0 aliphatic carbocycles. The van der Waals surface area contributed by atoms with Gasteiger partial charge in [-0.15, -0.1) is 0 Å². The average Bonchev–Trinajstić information content (AvgIpc) is 3.12. The molecule has 0 saturated carbocycles. The number of carbonyl (C=O) groups excluding carboxylic acids is 2. The largest absolute Gasteiger partial charge is 0.481 e. The van der Waals surface area contributed by atoms with E-state index < -0.39 is 5.92 Å². The quantitative estimate of drug-likeness (QED) is 0.861. The van der Waals surface area contributed by atoms with E-state index >= 15 is 0 Å². The monoisotopic (exact) mass is 357 g/mol. The Morgan fingerprint density at radius 1 is 1.38 bits per heavy atom. The minimum absolute atomic E-state index is 0.0436. The summed E-state index contributed by atoms with van der Waals surface area (Å²) in [5.74, 6) is -0.170. The van der Waals surface area contributed by atoms with Gasteiger partial charge >= 0.3 is 0 Å². The molecule has 3 heterocycles. The summed E-state index contributed by atoms with van der Waals surface area (Å²) in [6.45, 7) is 2.22. The standard InChI is InChI=1S/C18H23N5O3/c1-11-14(10-20-23(11)3)17-13(8-16(24)22(17)2)18(25)19-9-12-6-5-7-15(21-12)26-4/h5-7,10,13,17H,8-9H2,1-4H3,(H,19,25)/t13-,17-/m0/s1. The third-order valence-electron chi connectivity index (χ3n) is 4.95. The molecule has 1 N–H and O–H groups in total. The Labute approximate surface area is 152 Å². The molecule has 2 aromatic heterocycles. The molecule has 3 rings (SSSR count). The van der Waals surface area contributed by atoms with Crippen LogP contribution >= 0.6 is 0 Å². The highest BCUT2D eigenvalue weighted by Crippen LogP contribution is 2.38. The Morgan fingerprint density at radius 3 is 2.81 bits per heavy atom. The molecule has 2 amide bonds. The van der Waals surface area contributed by atoms with Crippen molar-refractivity contribution in [2.24, 2.45) is 13.0 Å². The van der Waals surface area contributed by atoms with E-state index in [-0.39, 0.29) is 30.8 Å². The molecule has 8 heteroatoms. The van der Waals surface area contributed by atoms with Gasteiger partial charge in [-0.05, 0) is 13.0 Å². The van der Waals surface area contributed by atoms with Gasteiger partial charge in [-0.2, -0.15) is 5.10 Å². The number of aryl methyl sites for hydroxylation is 1. The molecular weight excluding hydrogens is 334 g/mol. The molecule has 26 heavy (non-hydrogen) atoms. The molecule has 0 aromatic carbocycles. The topological polar surface area (TPSA) is 89.4 Å². The fraction of sp³-hybridized carbons (Fsp3) is 0.444. The molecule has 8 nitrogen and oxygen atoms in total. The third kappa shape index (κ3) is 3.26. The molecule has 0 spiro atoms. The number of nitrogens with zero attached hydrogens (tertiary/aromatic N) is 4. The summed E-state index contributed by atoms with van der Waals surface area (Å²) in [4.78, 5) is 31.0. The summed E-state index contributed by atoms with van der Waals surface area (Å²) in [7, 11) is 5.13. The van der Waals surface area contributed by atoms with Crippen LogP contribution in [0.25, 0.3) is 0 Å². The molecule has 1 aliphatic heterocycles. The number of hydrogen-bond donors (Lipinski definition) is 1. The number of hydrogen-bond acceptors (Lipinski definition) is 5. The number of methoxy groups -OCH3 is 1. The van der Waals surface area contributed by atoms with Crippen LogP contribution in [0.15, 0.2) is 24.4 Å². The second kappa shape index (κ2) is 7.15. The Hall–Kier alpha value is -2.90. The predicted molar refractivity (Wildman–Crippen MR) is 94.2 cm³/mol. The van der Waals surface area contributed by atoms with Gasteiger partial charge in [0.15, 0.2) is 0 Å². The summed E-state index contributed by atoms with van der Waals surface area (Å²) >= 11 is 0. The number of ether oxygens (including phenoxy) is 1. The number of carbonyl (C=O) groups is 2. The second-order valence-electron chi connectivity index (χ2n) is 6.46. The van der Waals surface area contributed by atoms with E-state index in [9.17, 15) is 9.59 Å². The van der Waals surface area contributed by atoms with E-state index in [1.807, 2.05) is 26.1 Å². The zero-order valence-electron chi connectivity index (χ0n) is 15.4. The molecule has 2 aromatic rings. The lowest BCUT2D eigenvalue weighted by molar-refractivity contribution is -0.128. The van der Waals surface area contributed by atoms with Gasteiger partial charge in [-0.3, -0.25) is 14.3 Å². The maximum Gasteiger partial charge on any atom is 0.226 e. The first-order valence-corrected chi connectivity index (χ1v) is 8.44. The minimum atomic E-state index is -0.457. The van der Waals surface area contributed by atoms with Crippen LogP contribution in [-0.4, -0.2) is 45.6 Å². The summed E-state index contributed by atoms with van der Waals surface area (Å²) in [6, 6.07) is 5.07. The van der Waals surface area contributed by atoms with E-state index in [4.69, 9.17) is 4.74 Å². The van der Waals surface area contributed by atoms with Gasteiger partial charge < -0.3 is 15.0 Å². The molecular formula is C18H23N5O3. The lowest BCUT2D eigenvalue weighted by Gasteiger charge is -2.24. The Bertz CT molecular complexity index is 832. The lowest BCUT2D eigenvalue weighted by Crippen LogP contribution is -2.34. The normalized spacial score (nSPS) is 19.7. The number of rotatable bonds is 5. The number of nitrogens with one attached hydrogen (secondary N) is 1. The Balaban J connectivity index is 1.76. The molecule has 1 saturated heterocycles. The van der Waals surface area contributed by atoms with Crippen molar-refractivity contribution in [3.05, 3.63) is 41.3 Å². The second-order valence-corrected chi connectivity index (χ2v) is 6.46. The predicted octanol–water partition coefficient (Wildman–Crippen LogP) is 0.968. The first-order chi connectivity index (χ1) is 12.4. The van der Waals surface area contributed by atoms with Crippen molar-refractivity contribution < 1.29 is 14.3 Å². The molecule has 0 bridgehead atoms. The van der Waals surface area contributed by atoms with Crippen LogP contribution in [0.5, 0.6) is 5.88 Å². The molecule has 0 unspecified atom stereocenters. The van der Waals surface area contributed by atoms with Crippen molar-refractivity contribution in [3.8, 4) is 5.88 Å². The number of pyridine rings is 1. The highest BCUT2D eigenvalue weighted by atomic mass is 16.5. The Morgan fingerprint density at radius 2 is 2.15 bits per heavy atom. The van der Waals surface area contributed by atoms with E-state index in [1.165, 1.54) is 0 Å².